The molecule has 2 aromatic rings. The van der Waals surface area contributed by atoms with E-state index in [-0.39, 0.29) is 5.91 Å². The van der Waals surface area contributed by atoms with E-state index in [1.54, 1.807) is 0 Å². The molecule has 5 rings (SSSR count). The predicted octanol–water partition coefficient (Wildman–Crippen LogP) is 0.0888. The van der Waals surface area contributed by atoms with Gasteiger partial charge in [-0.05, 0) is 24.3 Å². The van der Waals surface area contributed by atoms with E-state index in [0.717, 1.165) is 57.3 Å². The van der Waals surface area contributed by atoms with Crippen LogP contribution in [-0.4, -0.2) is 86.4 Å². The number of ether oxygens (including phenoxy) is 2. The molecule has 0 unspecified atom stereocenters. The number of carbonyl (C=O) groups is 1. The van der Waals surface area contributed by atoms with Crippen molar-refractivity contribution in [2.24, 2.45) is 0 Å². The van der Waals surface area contributed by atoms with Crippen molar-refractivity contribution in [1.82, 2.24) is 31.0 Å². The molecular weight excluding hydrogens is 424 g/mol. The molecule has 176 valence electrons. The van der Waals surface area contributed by atoms with Gasteiger partial charge in [-0.2, -0.15) is 4.98 Å². The van der Waals surface area contributed by atoms with Crippen molar-refractivity contribution in [1.29, 1.82) is 0 Å². The maximum Gasteiger partial charge on any atom is 0.271 e. The quantitative estimate of drug-likeness (QED) is 0.459. The molecule has 0 saturated carbocycles. The Bertz CT molecular complexity index is 959. The van der Waals surface area contributed by atoms with Crippen LogP contribution in [0.5, 0.6) is 5.75 Å². The number of hydrazine groups is 1. The third-order valence-electron chi connectivity index (χ3n) is 5.95. The molecule has 0 bridgehead atoms. The molecule has 11 heteroatoms. The fourth-order valence-electron chi connectivity index (χ4n) is 4.13. The minimum Gasteiger partial charge on any atom is -0.492 e. The van der Waals surface area contributed by atoms with E-state index in [1.165, 1.54) is 0 Å². The zero-order valence-corrected chi connectivity index (χ0v) is 18.6. The van der Waals surface area contributed by atoms with E-state index in [0.29, 0.717) is 49.4 Å². The first kappa shape index (κ1) is 21.8. The molecule has 2 fully saturated rings. The summed E-state index contributed by atoms with van der Waals surface area (Å²) in [4.78, 5) is 26.4. The van der Waals surface area contributed by atoms with Gasteiger partial charge >= 0.3 is 0 Å². The lowest BCUT2D eigenvalue weighted by Gasteiger charge is -2.29. The summed E-state index contributed by atoms with van der Waals surface area (Å²) in [5.74, 6) is 1.66. The number of benzene rings is 1. The molecule has 0 aliphatic carbocycles. The van der Waals surface area contributed by atoms with Gasteiger partial charge in [-0.1, -0.05) is 0 Å². The number of aromatic nitrogens is 2. The maximum absolute atomic E-state index is 12.5. The third kappa shape index (κ3) is 5.33. The predicted molar refractivity (Wildman–Crippen MR) is 124 cm³/mol. The molecule has 33 heavy (non-hydrogen) atoms. The topological polar surface area (TPSA) is 116 Å². The molecule has 1 aromatic heterocycles. The first-order valence-electron chi connectivity index (χ1n) is 11.5. The van der Waals surface area contributed by atoms with Crippen LogP contribution in [0.3, 0.4) is 0 Å². The van der Waals surface area contributed by atoms with Crippen LogP contribution in [0.2, 0.25) is 0 Å². The smallest absolute Gasteiger partial charge is 0.271 e. The molecule has 3 aliphatic heterocycles. The fourth-order valence-corrected chi connectivity index (χ4v) is 4.13. The third-order valence-corrected chi connectivity index (χ3v) is 5.95. The second kappa shape index (κ2) is 10.3. The van der Waals surface area contributed by atoms with E-state index in [2.05, 4.69) is 36.3 Å². The summed E-state index contributed by atoms with van der Waals surface area (Å²) < 4.78 is 11.4. The second-order valence-electron chi connectivity index (χ2n) is 8.19. The Balaban J connectivity index is 1.28. The van der Waals surface area contributed by atoms with Crippen LogP contribution in [-0.2, 0) is 11.3 Å². The molecule has 1 amide bonds. The molecule has 0 radical (unpaired) electrons. The van der Waals surface area contributed by atoms with Gasteiger partial charge in [-0.15, -0.1) is 0 Å². The van der Waals surface area contributed by atoms with Crippen LogP contribution < -0.4 is 31.1 Å². The molecule has 2 saturated heterocycles. The number of hydrogen-bond donors (Lipinski definition) is 4. The summed E-state index contributed by atoms with van der Waals surface area (Å²) in [5.41, 5.74) is 7.49. The highest BCUT2D eigenvalue weighted by molar-refractivity contribution is 6.01. The Morgan fingerprint density at radius 3 is 2.64 bits per heavy atom. The van der Waals surface area contributed by atoms with Gasteiger partial charge in [0.15, 0.2) is 0 Å². The van der Waals surface area contributed by atoms with Crippen LogP contribution in [0.1, 0.15) is 16.1 Å². The molecule has 4 N–H and O–H groups in total. The van der Waals surface area contributed by atoms with Crippen LogP contribution in [0.25, 0.3) is 0 Å². The average molecular weight is 455 g/mol. The van der Waals surface area contributed by atoms with Gasteiger partial charge in [0, 0.05) is 51.5 Å². The Labute approximate surface area is 192 Å². The molecule has 11 nitrogen and oxygen atoms in total. The van der Waals surface area contributed by atoms with Gasteiger partial charge in [0.1, 0.15) is 23.7 Å². The number of nitrogens with one attached hydrogen (secondary N) is 4. The van der Waals surface area contributed by atoms with E-state index in [1.807, 2.05) is 24.3 Å². The molecule has 0 spiro atoms. The number of hydrogen-bond acceptors (Lipinski definition) is 10. The van der Waals surface area contributed by atoms with Gasteiger partial charge < -0.3 is 25.0 Å². The lowest BCUT2D eigenvalue weighted by atomic mass is 10.1. The highest BCUT2D eigenvalue weighted by Gasteiger charge is 2.26. The number of nitrogens with zero attached hydrogens (tertiary/aromatic N) is 4. The number of rotatable bonds is 7. The minimum atomic E-state index is -0.250. The first-order valence-corrected chi connectivity index (χ1v) is 11.5. The van der Waals surface area contributed by atoms with Gasteiger partial charge in [-0.3, -0.25) is 15.1 Å². The Morgan fingerprint density at radius 2 is 1.85 bits per heavy atom. The van der Waals surface area contributed by atoms with Crippen molar-refractivity contribution < 1.29 is 14.3 Å². The zero-order chi connectivity index (χ0) is 22.5. The normalized spacial score (nSPS) is 19.0. The zero-order valence-electron chi connectivity index (χ0n) is 18.6. The first-order chi connectivity index (χ1) is 16.3. The monoisotopic (exact) mass is 454 g/mol. The minimum absolute atomic E-state index is 0.250. The molecule has 1 aromatic carbocycles. The van der Waals surface area contributed by atoms with Crippen molar-refractivity contribution in [2.45, 2.75) is 6.54 Å². The van der Waals surface area contributed by atoms with Crippen LogP contribution in [0.15, 0.2) is 24.3 Å². The van der Waals surface area contributed by atoms with Crippen molar-refractivity contribution in [3.05, 3.63) is 35.5 Å². The Hall–Kier alpha value is -2.99. The maximum atomic E-state index is 12.5. The molecular formula is C22H30N8O3. The van der Waals surface area contributed by atoms with E-state index < -0.39 is 0 Å². The summed E-state index contributed by atoms with van der Waals surface area (Å²) in [5, 5.41) is 6.67. The fraction of sp³-hybridized carbons (Fsp3) is 0.500. The van der Waals surface area contributed by atoms with E-state index in [9.17, 15) is 4.79 Å². The van der Waals surface area contributed by atoms with Gasteiger partial charge in [0.25, 0.3) is 5.91 Å². The number of morpholine rings is 1. The summed E-state index contributed by atoms with van der Waals surface area (Å²) in [6, 6.07) is 7.72. The molecule has 3 aliphatic rings. The number of fused-ring (bicyclic) bond motifs is 1. The SMILES string of the molecule is O=C1NNCc2nc(N3CCOCC3)nc(Nc3ccc(OCCN4CCNCC4)cc3)c21. The highest BCUT2D eigenvalue weighted by Crippen LogP contribution is 2.27. The van der Waals surface area contributed by atoms with Crippen LogP contribution in [0.4, 0.5) is 17.5 Å². The summed E-state index contributed by atoms with van der Waals surface area (Å²) >= 11 is 0. The number of piperazine rings is 1. The largest absolute Gasteiger partial charge is 0.492 e. The lowest BCUT2D eigenvalue weighted by molar-refractivity contribution is 0.0919. The van der Waals surface area contributed by atoms with Crippen molar-refractivity contribution in [3.8, 4) is 5.75 Å². The summed E-state index contributed by atoms with van der Waals surface area (Å²) in [6.45, 7) is 8.92. The van der Waals surface area contributed by atoms with Crippen molar-refractivity contribution in [3.63, 3.8) is 0 Å². The van der Waals surface area contributed by atoms with Crippen molar-refractivity contribution >= 4 is 23.4 Å². The van der Waals surface area contributed by atoms with E-state index >= 15 is 0 Å². The van der Waals surface area contributed by atoms with Gasteiger partial charge in [0.2, 0.25) is 5.95 Å². The lowest BCUT2D eigenvalue weighted by Crippen LogP contribution is -2.44. The molecule has 0 atom stereocenters. The van der Waals surface area contributed by atoms with Crippen LogP contribution in [0, 0.1) is 0 Å². The Morgan fingerprint density at radius 1 is 1.06 bits per heavy atom. The van der Waals surface area contributed by atoms with Crippen LogP contribution >= 0.6 is 0 Å². The van der Waals surface area contributed by atoms with Gasteiger partial charge in [-0.25, -0.2) is 10.4 Å². The van der Waals surface area contributed by atoms with E-state index in [4.69, 9.17) is 14.5 Å². The van der Waals surface area contributed by atoms with Crippen molar-refractivity contribution in [2.75, 3.05) is 75.9 Å². The standard InChI is InChI=1S/C22H30N8O3/c31-21-19-18(15-24-28-21)26-22(30-10-12-32-13-11-30)27-20(19)25-16-1-3-17(4-2-16)33-14-9-29-7-5-23-6-8-29/h1-4,23-24H,5-15H2,(H,28,31)(H,25,26,27). The average Bonchev–Trinajstić information content (AvgIpc) is 2.86. The molecule has 4 heterocycles. The highest BCUT2D eigenvalue weighted by atomic mass is 16.5. The summed E-state index contributed by atoms with van der Waals surface area (Å²) in [7, 11) is 0. The van der Waals surface area contributed by atoms with Gasteiger partial charge in [0.05, 0.1) is 25.5 Å². The Kier molecular flexibility index (Phi) is 6.81. The number of anilines is 3. The summed E-state index contributed by atoms with van der Waals surface area (Å²) in [6.07, 6.45) is 0. The second-order valence-corrected chi connectivity index (χ2v) is 8.19. The number of carbonyl (C=O) groups excluding carboxylic acids is 1. The number of amides is 1.